The number of hydrogen-bond donors (Lipinski definition) is 2. The lowest BCUT2D eigenvalue weighted by atomic mass is 10.2. The maximum atomic E-state index is 5.45. The van der Waals surface area contributed by atoms with Gasteiger partial charge < -0.3 is 20.1 Å². The summed E-state index contributed by atoms with van der Waals surface area (Å²) in [5.41, 5.74) is 2.11. The second-order valence-electron chi connectivity index (χ2n) is 5.50. The van der Waals surface area contributed by atoms with Gasteiger partial charge in [-0.1, -0.05) is 6.07 Å². The summed E-state index contributed by atoms with van der Waals surface area (Å²) in [6, 6.07) is 9.92. The molecule has 0 saturated carbocycles. The maximum absolute atomic E-state index is 5.45. The van der Waals surface area contributed by atoms with Crippen molar-refractivity contribution in [3.63, 3.8) is 0 Å². The first-order chi connectivity index (χ1) is 12.3. The van der Waals surface area contributed by atoms with Crippen LogP contribution < -0.4 is 20.1 Å². The van der Waals surface area contributed by atoms with Crippen molar-refractivity contribution in [3.8, 4) is 11.5 Å². The minimum Gasteiger partial charge on any atom is -0.454 e. The second kappa shape index (κ2) is 10.6. The van der Waals surface area contributed by atoms with Crippen LogP contribution in [-0.4, -0.2) is 30.8 Å². The third-order valence-electron chi connectivity index (χ3n) is 3.65. The molecule has 26 heavy (non-hydrogen) atoms. The van der Waals surface area contributed by atoms with Crippen LogP contribution in [0.3, 0.4) is 0 Å². The molecular formula is C18H22BrIN4O2. The molecule has 3 rings (SSSR count). The number of hydrogen-bond acceptors (Lipinski definition) is 4. The summed E-state index contributed by atoms with van der Waals surface area (Å²) in [6.45, 7) is 4.44. The zero-order valence-electron chi connectivity index (χ0n) is 14.5. The number of ether oxygens (including phenoxy) is 2. The molecule has 2 N–H and O–H groups in total. The van der Waals surface area contributed by atoms with E-state index in [9.17, 15) is 0 Å². The minimum atomic E-state index is 0. The van der Waals surface area contributed by atoms with Crippen LogP contribution in [0.4, 0.5) is 0 Å². The Labute approximate surface area is 178 Å². The van der Waals surface area contributed by atoms with Crippen molar-refractivity contribution in [1.29, 1.82) is 0 Å². The summed E-state index contributed by atoms with van der Waals surface area (Å²) < 4.78 is 11.7. The molecule has 1 aliphatic heterocycles. The molecule has 1 aliphatic rings. The van der Waals surface area contributed by atoms with E-state index in [1.807, 2.05) is 43.5 Å². The fraction of sp³-hybridized carbons (Fsp3) is 0.333. The topological polar surface area (TPSA) is 67.8 Å². The largest absolute Gasteiger partial charge is 0.454 e. The van der Waals surface area contributed by atoms with E-state index in [0.717, 1.165) is 52.7 Å². The number of benzene rings is 1. The van der Waals surface area contributed by atoms with Gasteiger partial charge in [-0.3, -0.25) is 4.98 Å². The summed E-state index contributed by atoms with van der Waals surface area (Å²) in [5, 5.41) is 6.59. The van der Waals surface area contributed by atoms with Gasteiger partial charge in [0.05, 0.1) is 11.0 Å². The number of aliphatic imine (C=N–C) groups is 1. The van der Waals surface area contributed by atoms with Gasteiger partial charge in [0.25, 0.3) is 0 Å². The van der Waals surface area contributed by atoms with Gasteiger partial charge >= 0.3 is 0 Å². The monoisotopic (exact) mass is 532 g/mol. The molecule has 0 radical (unpaired) electrons. The number of nitrogens with one attached hydrogen (secondary N) is 2. The molecular weight excluding hydrogens is 511 g/mol. The van der Waals surface area contributed by atoms with E-state index >= 15 is 0 Å². The minimum absolute atomic E-state index is 0. The first-order valence-corrected chi connectivity index (χ1v) is 9.05. The Morgan fingerprint density at radius 3 is 2.92 bits per heavy atom. The molecule has 140 valence electrons. The summed E-state index contributed by atoms with van der Waals surface area (Å²) >= 11 is 3.51. The predicted octanol–water partition coefficient (Wildman–Crippen LogP) is 3.49. The van der Waals surface area contributed by atoms with Crippen LogP contribution in [0.1, 0.15) is 18.2 Å². The van der Waals surface area contributed by atoms with Crippen molar-refractivity contribution in [2.75, 3.05) is 19.9 Å². The maximum Gasteiger partial charge on any atom is 0.231 e. The van der Waals surface area contributed by atoms with Crippen molar-refractivity contribution in [2.24, 2.45) is 4.99 Å². The summed E-state index contributed by atoms with van der Waals surface area (Å²) in [5.74, 6) is 2.30. The van der Waals surface area contributed by atoms with Crippen LogP contribution in [0.5, 0.6) is 11.5 Å². The molecule has 8 heteroatoms. The Bertz CT molecular complexity index is 743. The standard InChI is InChI=1S/C18H21BrN4O2.HI/c1-2-20-18(22-8-6-14-5-3-4-7-21-14)23-11-13-9-15(19)17-16(10-13)24-12-25-17;/h3-5,7,9-10H,2,6,8,11-12H2,1H3,(H2,20,22,23);1H. The Balaban J connectivity index is 0.00000243. The van der Waals surface area contributed by atoms with Gasteiger partial charge in [0, 0.05) is 31.4 Å². The van der Waals surface area contributed by atoms with Crippen molar-refractivity contribution < 1.29 is 9.47 Å². The molecule has 0 fully saturated rings. The van der Waals surface area contributed by atoms with Gasteiger partial charge in [0.2, 0.25) is 6.79 Å². The van der Waals surface area contributed by atoms with Gasteiger partial charge in [0.15, 0.2) is 17.5 Å². The summed E-state index contributed by atoms with van der Waals surface area (Å²) in [6.07, 6.45) is 2.66. The molecule has 0 unspecified atom stereocenters. The molecule has 2 heterocycles. The molecule has 0 spiro atoms. The second-order valence-corrected chi connectivity index (χ2v) is 6.36. The zero-order chi connectivity index (χ0) is 17.5. The van der Waals surface area contributed by atoms with E-state index in [1.54, 1.807) is 0 Å². The van der Waals surface area contributed by atoms with Crippen molar-refractivity contribution in [1.82, 2.24) is 15.6 Å². The highest BCUT2D eigenvalue weighted by Gasteiger charge is 2.17. The molecule has 0 amide bonds. The number of nitrogens with zero attached hydrogens (tertiary/aromatic N) is 2. The molecule has 2 aromatic rings. The highest BCUT2D eigenvalue weighted by atomic mass is 127. The van der Waals surface area contributed by atoms with Gasteiger partial charge in [-0.05, 0) is 52.7 Å². The zero-order valence-corrected chi connectivity index (χ0v) is 18.4. The number of halogens is 2. The van der Waals surface area contributed by atoms with Crippen LogP contribution in [0, 0.1) is 0 Å². The lowest BCUT2D eigenvalue weighted by Crippen LogP contribution is -2.38. The summed E-state index contributed by atoms with van der Waals surface area (Å²) in [7, 11) is 0. The highest BCUT2D eigenvalue weighted by Crippen LogP contribution is 2.40. The molecule has 0 bridgehead atoms. The Kier molecular flexibility index (Phi) is 8.43. The van der Waals surface area contributed by atoms with E-state index in [2.05, 4.69) is 36.5 Å². The average Bonchev–Trinajstić information content (AvgIpc) is 3.10. The van der Waals surface area contributed by atoms with Crippen molar-refractivity contribution in [2.45, 2.75) is 19.9 Å². The molecule has 0 atom stereocenters. The first-order valence-electron chi connectivity index (χ1n) is 8.26. The fourth-order valence-corrected chi connectivity index (χ4v) is 3.08. The molecule has 1 aromatic carbocycles. The highest BCUT2D eigenvalue weighted by molar-refractivity contribution is 14.0. The lowest BCUT2D eigenvalue weighted by molar-refractivity contribution is 0.173. The Morgan fingerprint density at radius 2 is 2.15 bits per heavy atom. The third kappa shape index (κ3) is 5.73. The lowest BCUT2D eigenvalue weighted by Gasteiger charge is -2.11. The van der Waals surface area contributed by atoms with Gasteiger partial charge in [-0.2, -0.15) is 0 Å². The number of rotatable bonds is 6. The van der Waals surface area contributed by atoms with Crippen LogP contribution in [0.25, 0.3) is 0 Å². The third-order valence-corrected chi connectivity index (χ3v) is 4.24. The Hall–Kier alpha value is -1.55. The fourth-order valence-electron chi connectivity index (χ4n) is 2.48. The normalized spacial score (nSPS) is 12.5. The van der Waals surface area contributed by atoms with Crippen LogP contribution in [0.2, 0.25) is 0 Å². The van der Waals surface area contributed by atoms with Gasteiger partial charge in [0.1, 0.15) is 0 Å². The molecule has 0 saturated heterocycles. The van der Waals surface area contributed by atoms with Crippen LogP contribution in [0.15, 0.2) is 46.0 Å². The number of fused-ring (bicyclic) bond motifs is 1. The van der Waals surface area contributed by atoms with E-state index in [-0.39, 0.29) is 30.8 Å². The van der Waals surface area contributed by atoms with E-state index in [4.69, 9.17) is 9.47 Å². The average molecular weight is 533 g/mol. The van der Waals surface area contributed by atoms with E-state index in [0.29, 0.717) is 6.54 Å². The predicted molar refractivity (Wildman–Crippen MR) is 116 cm³/mol. The van der Waals surface area contributed by atoms with E-state index in [1.165, 1.54) is 0 Å². The molecule has 1 aromatic heterocycles. The molecule has 6 nitrogen and oxygen atoms in total. The Morgan fingerprint density at radius 1 is 1.27 bits per heavy atom. The van der Waals surface area contributed by atoms with Gasteiger partial charge in [-0.15, -0.1) is 24.0 Å². The van der Waals surface area contributed by atoms with Crippen molar-refractivity contribution in [3.05, 3.63) is 52.3 Å². The quantitative estimate of drug-likeness (QED) is 0.339. The first kappa shape index (κ1) is 20.8. The van der Waals surface area contributed by atoms with Crippen molar-refractivity contribution >= 4 is 45.9 Å². The van der Waals surface area contributed by atoms with Gasteiger partial charge in [-0.25, -0.2) is 4.99 Å². The smallest absolute Gasteiger partial charge is 0.231 e. The number of aromatic nitrogens is 1. The number of guanidine groups is 1. The summed E-state index contributed by atoms with van der Waals surface area (Å²) in [4.78, 5) is 8.97. The molecule has 0 aliphatic carbocycles. The SMILES string of the molecule is CCNC(=NCc1cc(Br)c2c(c1)OCO2)NCCc1ccccn1.I. The van der Waals surface area contributed by atoms with E-state index < -0.39 is 0 Å². The van der Waals surface area contributed by atoms with Crippen LogP contribution >= 0.6 is 39.9 Å². The number of pyridine rings is 1. The van der Waals surface area contributed by atoms with Crippen LogP contribution in [-0.2, 0) is 13.0 Å².